The number of carboxylic acid groups (broad SMARTS) is 1. The molecule has 1 aliphatic carbocycles. The number of carboxylic acids is 1. The van der Waals surface area contributed by atoms with Gasteiger partial charge in [0.25, 0.3) is 0 Å². The van der Waals surface area contributed by atoms with E-state index < -0.39 is 12.6 Å². The second kappa shape index (κ2) is 6.33. The monoisotopic (exact) mass is 372 g/mol. The molecule has 0 spiro atoms. The van der Waals surface area contributed by atoms with Crippen molar-refractivity contribution in [2.75, 3.05) is 0 Å². The highest BCUT2D eigenvalue weighted by Gasteiger charge is 2.42. The number of ether oxygens (including phenoxy) is 1. The molecule has 140 valence electrons. The van der Waals surface area contributed by atoms with Crippen LogP contribution in [-0.2, 0) is 11.8 Å². The Bertz CT molecular complexity index is 1030. The average molecular weight is 372 g/mol. The topological polar surface area (TPSA) is 75.2 Å². The first-order valence-corrected chi connectivity index (χ1v) is 8.65. The number of H-pyrrole nitrogens is 1. The van der Waals surface area contributed by atoms with Crippen molar-refractivity contribution in [2.24, 2.45) is 0 Å². The summed E-state index contributed by atoms with van der Waals surface area (Å²) in [5.41, 5.74) is 3.45. The lowest BCUT2D eigenvalue weighted by Gasteiger charge is -2.11. The summed E-state index contributed by atoms with van der Waals surface area (Å²) in [5.74, 6) is -0.970. The number of nitrogens with one attached hydrogen (secondary N) is 1. The molecule has 0 unspecified atom stereocenters. The van der Waals surface area contributed by atoms with Crippen molar-refractivity contribution in [3.63, 3.8) is 0 Å². The second-order valence-corrected chi connectivity index (χ2v) is 7.12. The molecule has 5 nitrogen and oxygen atoms in total. The Morgan fingerprint density at radius 2 is 2.11 bits per heavy atom. The number of hydrogen-bond acceptors (Lipinski definition) is 3. The van der Waals surface area contributed by atoms with Gasteiger partial charge in [0.05, 0.1) is 0 Å². The molecule has 1 fully saturated rings. The summed E-state index contributed by atoms with van der Waals surface area (Å²) in [6.07, 6.45) is 2.53. The van der Waals surface area contributed by atoms with E-state index >= 15 is 0 Å². The summed E-state index contributed by atoms with van der Waals surface area (Å²) in [6, 6.07) is 9.77. The average Bonchev–Trinajstić information content (AvgIpc) is 3.26. The molecular weight excluding hydrogens is 354 g/mol. The van der Waals surface area contributed by atoms with Crippen LogP contribution >= 0.6 is 0 Å². The quantitative estimate of drug-likeness (QED) is 0.668. The molecule has 0 amide bonds. The number of aromatic carboxylic acids is 1. The van der Waals surface area contributed by atoms with Gasteiger partial charge in [-0.1, -0.05) is 13.0 Å². The van der Waals surface area contributed by atoms with Gasteiger partial charge < -0.3 is 14.8 Å². The first kappa shape index (κ1) is 17.5. The van der Waals surface area contributed by atoms with E-state index in [2.05, 4.69) is 21.6 Å². The van der Waals surface area contributed by atoms with Gasteiger partial charge in [-0.2, -0.15) is 8.78 Å². The molecule has 0 atom stereocenters. The molecular formula is C20H18F2N2O3. The van der Waals surface area contributed by atoms with Crippen LogP contribution in [0.15, 0.2) is 36.4 Å². The fraction of sp³-hybridized carbons (Fsp3) is 0.300. The van der Waals surface area contributed by atoms with Gasteiger partial charge >= 0.3 is 12.6 Å². The zero-order chi connectivity index (χ0) is 19.2. The lowest BCUT2D eigenvalue weighted by Crippen LogP contribution is -2.07. The highest BCUT2D eigenvalue weighted by Crippen LogP contribution is 2.50. The van der Waals surface area contributed by atoms with E-state index in [-0.39, 0.29) is 16.9 Å². The molecule has 0 radical (unpaired) electrons. The van der Waals surface area contributed by atoms with Crippen molar-refractivity contribution in [2.45, 2.75) is 38.2 Å². The number of benzene rings is 1. The van der Waals surface area contributed by atoms with E-state index in [0.29, 0.717) is 12.1 Å². The van der Waals surface area contributed by atoms with E-state index in [1.807, 2.05) is 0 Å². The van der Waals surface area contributed by atoms with Gasteiger partial charge in [-0.25, -0.2) is 9.78 Å². The van der Waals surface area contributed by atoms with Crippen molar-refractivity contribution < 1.29 is 23.4 Å². The summed E-state index contributed by atoms with van der Waals surface area (Å²) in [6.45, 7) is -0.723. The zero-order valence-electron chi connectivity index (χ0n) is 14.6. The molecule has 2 heterocycles. The number of aromatic nitrogens is 2. The van der Waals surface area contributed by atoms with Gasteiger partial charge in [0.2, 0.25) is 0 Å². The maximum atomic E-state index is 12.5. The van der Waals surface area contributed by atoms with Crippen LogP contribution < -0.4 is 4.74 Å². The first-order valence-electron chi connectivity index (χ1n) is 8.65. The lowest BCUT2D eigenvalue weighted by molar-refractivity contribution is -0.0497. The Morgan fingerprint density at radius 3 is 2.78 bits per heavy atom. The fourth-order valence-corrected chi connectivity index (χ4v) is 3.43. The molecule has 2 N–H and O–H groups in total. The number of pyridine rings is 1. The molecule has 2 aromatic heterocycles. The third kappa shape index (κ3) is 3.37. The Labute approximate surface area is 154 Å². The van der Waals surface area contributed by atoms with Gasteiger partial charge in [-0.15, -0.1) is 0 Å². The normalized spacial score (nSPS) is 15.3. The smallest absolute Gasteiger partial charge is 0.387 e. The van der Waals surface area contributed by atoms with Gasteiger partial charge in [-0.05, 0) is 42.7 Å². The summed E-state index contributed by atoms with van der Waals surface area (Å²) in [5, 5.41) is 10.1. The van der Waals surface area contributed by atoms with E-state index in [9.17, 15) is 13.6 Å². The Kier molecular flexibility index (Phi) is 4.09. The van der Waals surface area contributed by atoms with Crippen LogP contribution in [0.2, 0.25) is 0 Å². The number of carbonyl (C=O) groups is 1. The molecule has 0 saturated heterocycles. The molecule has 3 aromatic rings. The number of halogens is 2. The predicted molar refractivity (Wildman–Crippen MR) is 95.5 cm³/mol. The van der Waals surface area contributed by atoms with Crippen molar-refractivity contribution >= 4 is 16.9 Å². The summed E-state index contributed by atoms with van der Waals surface area (Å²) in [4.78, 5) is 18.8. The van der Waals surface area contributed by atoms with E-state index in [1.54, 1.807) is 24.3 Å². The van der Waals surface area contributed by atoms with Crippen molar-refractivity contribution in [1.29, 1.82) is 0 Å². The van der Waals surface area contributed by atoms with Crippen LogP contribution in [0.3, 0.4) is 0 Å². The predicted octanol–water partition coefficient (Wildman–Crippen LogP) is 4.50. The minimum atomic E-state index is -2.87. The van der Waals surface area contributed by atoms with E-state index in [1.165, 1.54) is 12.1 Å². The molecule has 1 saturated carbocycles. The third-order valence-corrected chi connectivity index (χ3v) is 5.09. The summed E-state index contributed by atoms with van der Waals surface area (Å²) < 4.78 is 29.5. The van der Waals surface area contributed by atoms with Crippen LogP contribution in [0.25, 0.3) is 10.9 Å². The Morgan fingerprint density at radius 1 is 1.33 bits per heavy atom. The van der Waals surface area contributed by atoms with Crippen LogP contribution in [0, 0.1) is 0 Å². The zero-order valence-corrected chi connectivity index (χ0v) is 14.6. The molecule has 7 heteroatoms. The second-order valence-electron chi connectivity index (χ2n) is 7.12. The van der Waals surface area contributed by atoms with Gasteiger partial charge in [-0.3, -0.25) is 0 Å². The number of nitrogens with zero attached hydrogens (tertiary/aromatic N) is 1. The lowest BCUT2D eigenvalue weighted by atomic mass is 9.96. The largest absolute Gasteiger partial charge is 0.477 e. The molecule has 0 aliphatic heterocycles. The molecule has 4 rings (SSSR count). The third-order valence-electron chi connectivity index (χ3n) is 5.09. The van der Waals surface area contributed by atoms with Crippen LogP contribution in [0.5, 0.6) is 5.75 Å². The van der Waals surface area contributed by atoms with Crippen LogP contribution in [0.4, 0.5) is 8.78 Å². The number of alkyl halides is 2. The molecule has 1 aliphatic rings. The van der Waals surface area contributed by atoms with Crippen LogP contribution in [-0.4, -0.2) is 27.7 Å². The molecule has 27 heavy (non-hydrogen) atoms. The molecule has 0 bridgehead atoms. The van der Waals surface area contributed by atoms with Crippen molar-refractivity contribution in [3.05, 3.63) is 59.0 Å². The Balaban J connectivity index is 1.78. The minimum Gasteiger partial charge on any atom is -0.477 e. The highest BCUT2D eigenvalue weighted by molar-refractivity contribution is 5.87. The van der Waals surface area contributed by atoms with E-state index in [4.69, 9.17) is 5.11 Å². The van der Waals surface area contributed by atoms with Crippen molar-refractivity contribution in [3.8, 4) is 5.75 Å². The number of fused-ring (bicyclic) bond motifs is 1. The number of rotatable bonds is 6. The Hall–Kier alpha value is -2.96. The maximum Gasteiger partial charge on any atom is 0.387 e. The summed E-state index contributed by atoms with van der Waals surface area (Å²) >= 11 is 0. The van der Waals surface area contributed by atoms with Crippen LogP contribution in [0.1, 0.15) is 47.2 Å². The minimum absolute atomic E-state index is 0.000792. The van der Waals surface area contributed by atoms with Crippen molar-refractivity contribution in [1.82, 2.24) is 9.97 Å². The highest BCUT2D eigenvalue weighted by atomic mass is 19.3. The maximum absolute atomic E-state index is 12.5. The first-order chi connectivity index (χ1) is 12.9. The van der Waals surface area contributed by atoms with Gasteiger partial charge in [0.1, 0.15) is 11.4 Å². The number of aromatic amines is 1. The van der Waals surface area contributed by atoms with E-state index in [0.717, 1.165) is 35.0 Å². The van der Waals surface area contributed by atoms with Gasteiger partial charge in [0, 0.05) is 40.2 Å². The molecule has 1 aromatic carbocycles. The number of hydrogen-bond donors (Lipinski definition) is 2. The summed E-state index contributed by atoms with van der Waals surface area (Å²) in [7, 11) is 0. The standard InChI is InChI=1S/C20H18F2N2O3/c1-20(7-8-20)17-14(9-11-3-2-4-15(23-11)18(25)26)13-6-5-12(27-19(21)22)10-16(13)24-17/h2-6,10,19,24H,7-9H2,1H3,(H,25,26). The SMILES string of the molecule is CC1(c2[nH]c3cc(OC(F)F)ccc3c2Cc2cccc(C(=O)O)n2)CC1. The van der Waals surface area contributed by atoms with Gasteiger partial charge in [0.15, 0.2) is 0 Å². The fourth-order valence-electron chi connectivity index (χ4n) is 3.43.